The van der Waals surface area contributed by atoms with Crippen molar-refractivity contribution in [2.75, 3.05) is 4.90 Å². The second-order valence-electron chi connectivity index (χ2n) is 14.9. The van der Waals surface area contributed by atoms with Crippen molar-refractivity contribution in [3.05, 3.63) is 206 Å². The Labute approximate surface area is 343 Å². The molecule has 0 fully saturated rings. The van der Waals surface area contributed by atoms with Gasteiger partial charge in [0.05, 0.1) is 16.7 Å². The van der Waals surface area contributed by atoms with Crippen LogP contribution in [0.25, 0.3) is 90.1 Å². The Morgan fingerprint density at radius 1 is 0.310 bits per heavy atom. The predicted octanol–water partition coefficient (Wildman–Crippen LogP) is 16.3. The Kier molecular flexibility index (Phi) is 7.62. The number of anilines is 3. The SMILES string of the molecule is c1ccc(-n2c3ccccc3c3ccccc32)c(-c2ccc(-c3ccc(N(c4ccc5c(c4)sc4ccccc45)c4ccc5sc6ccccc6c5c4)cc3)cc2)c1. The molecule has 3 heterocycles. The topological polar surface area (TPSA) is 8.17 Å². The van der Waals surface area contributed by atoms with Crippen molar-refractivity contribution >= 4 is 102 Å². The normalized spacial score (nSPS) is 11.8. The van der Waals surface area contributed by atoms with Crippen LogP contribution >= 0.6 is 22.7 Å². The van der Waals surface area contributed by atoms with E-state index in [0.717, 1.165) is 17.1 Å². The van der Waals surface area contributed by atoms with Crippen LogP contribution in [0.5, 0.6) is 0 Å². The molecule has 0 amide bonds. The highest BCUT2D eigenvalue weighted by Gasteiger charge is 2.18. The first-order valence-electron chi connectivity index (χ1n) is 19.7. The van der Waals surface area contributed by atoms with E-state index in [0.29, 0.717) is 0 Å². The van der Waals surface area contributed by atoms with E-state index in [-0.39, 0.29) is 0 Å². The van der Waals surface area contributed by atoms with Gasteiger partial charge in [0.1, 0.15) is 0 Å². The number of thiophene rings is 2. The Morgan fingerprint density at radius 2 is 0.776 bits per heavy atom. The molecule has 58 heavy (non-hydrogen) atoms. The molecule has 0 bridgehead atoms. The van der Waals surface area contributed by atoms with Crippen molar-refractivity contribution in [1.82, 2.24) is 4.57 Å². The minimum atomic E-state index is 1.12. The number of benzene rings is 9. The van der Waals surface area contributed by atoms with Crippen LogP contribution in [0.1, 0.15) is 0 Å². The number of hydrogen-bond acceptors (Lipinski definition) is 3. The molecule has 12 aromatic rings. The number of fused-ring (bicyclic) bond motifs is 9. The molecule has 0 atom stereocenters. The molecule has 0 aliphatic carbocycles. The molecule has 0 radical (unpaired) electrons. The van der Waals surface area contributed by atoms with E-state index in [1.165, 1.54) is 90.1 Å². The molecule has 3 aromatic heterocycles. The van der Waals surface area contributed by atoms with Crippen molar-refractivity contribution in [2.45, 2.75) is 0 Å². The molecule has 0 saturated carbocycles. The van der Waals surface area contributed by atoms with E-state index >= 15 is 0 Å². The molecule has 0 aliphatic rings. The maximum absolute atomic E-state index is 2.41. The zero-order valence-corrected chi connectivity index (χ0v) is 33.0. The van der Waals surface area contributed by atoms with Gasteiger partial charge in [-0.1, -0.05) is 133 Å². The zero-order chi connectivity index (χ0) is 38.2. The standard InChI is InChI=1S/C54H34N2S2/c1-6-16-48(56-49-17-7-2-12-42(49)43-13-3-8-18-50(43)56)41(11-1)37-23-21-35(22-24-37)36-25-27-38(28-26-36)55(39-30-32-53-47(33-39)45-15-5-10-20-52(45)57-53)40-29-31-46-44-14-4-9-19-51(44)58-54(46)34-40/h1-34H. The maximum atomic E-state index is 2.41. The first-order valence-corrected chi connectivity index (χ1v) is 21.3. The third kappa shape index (κ3) is 5.30. The van der Waals surface area contributed by atoms with Crippen LogP contribution in [0.2, 0.25) is 0 Å². The summed E-state index contributed by atoms with van der Waals surface area (Å²) >= 11 is 3.72. The first kappa shape index (κ1) is 33.2. The molecule has 12 rings (SSSR count). The number of aromatic nitrogens is 1. The maximum Gasteiger partial charge on any atom is 0.0541 e. The van der Waals surface area contributed by atoms with E-state index in [2.05, 4.69) is 216 Å². The van der Waals surface area contributed by atoms with Crippen molar-refractivity contribution in [1.29, 1.82) is 0 Å². The second kappa shape index (κ2) is 13.3. The lowest BCUT2D eigenvalue weighted by Crippen LogP contribution is -2.09. The second-order valence-corrected chi connectivity index (χ2v) is 17.1. The fourth-order valence-corrected chi connectivity index (χ4v) is 11.1. The summed E-state index contributed by atoms with van der Waals surface area (Å²) < 4.78 is 7.65. The number of hydrogen-bond donors (Lipinski definition) is 0. The van der Waals surface area contributed by atoms with E-state index in [4.69, 9.17) is 0 Å². The summed E-state index contributed by atoms with van der Waals surface area (Å²) in [6, 6.07) is 75.6. The van der Waals surface area contributed by atoms with Crippen LogP contribution in [-0.2, 0) is 0 Å². The summed E-state index contributed by atoms with van der Waals surface area (Å²) in [5.74, 6) is 0. The highest BCUT2D eigenvalue weighted by atomic mass is 32.1. The van der Waals surface area contributed by atoms with Gasteiger partial charge >= 0.3 is 0 Å². The van der Waals surface area contributed by atoms with E-state index in [1.54, 1.807) is 0 Å². The average Bonchev–Trinajstić information content (AvgIpc) is 3.96. The Morgan fingerprint density at radius 3 is 1.48 bits per heavy atom. The molecule has 0 aliphatic heterocycles. The van der Waals surface area contributed by atoms with Crippen molar-refractivity contribution in [3.8, 4) is 27.9 Å². The van der Waals surface area contributed by atoms with Gasteiger partial charge in [-0.25, -0.2) is 0 Å². The summed E-state index contributed by atoms with van der Waals surface area (Å²) in [6.07, 6.45) is 0. The van der Waals surface area contributed by atoms with Gasteiger partial charge in [0.25, 0.3) is 0 Å². The predicted molar refractivity (Wildman–Crippen MR) is 252 cm³/mol. The minimum Gasteiger partial charge on any atom is -0.310 e. The molecular weight excluding hydrogens is 741 g/mol. The van der Waals surface area contributed by atoms with Gasteiger partial charge in [0.2, 0.25) is 0 Å². The van der Waals surface area contributed by atoms with Crippen LogP contribution in [0, 0.1) is 0 Å². The Balaban J connectivity index is 0.929. The van der Waals surface area contributed by atoms with Gasteiger partial charge in [0, 0.05) is 73.7 Å². The van der Waals surface area contributed by atoms with Crippen LogP contribution in [0.3, 0.4) is 0 Å². The quantitative estimate of drug-likeness (QED) is 0.163. The third-order valence-electron chi connectivity index (χ3n) is 11.6. The van der Waals surface area contributed by atoms with E-state index in [9.17, 15) is 0 Å². The van der Waals surface area contributed by atoms with Crippen molar-refractivity contribution in [3.63, 3.8) is 0 Å². The smallest absolute Gasteiger partial charge is 0.0541 e. The van der Waals surface area contributed by atoms with Crippen molar-refractivity contribution in [2.24, 2.45) is 0 Å². The van der Waals surface area contributed by atoms with Gasteiger partial charge in [-0.15, -0.1) is 22.7 Å². The van der Waals surface area contributed by atoms with E-state index < -0.39 is 0 Å². The molecule has 0 saturated heterocycles. The molecule has 0 spiro atoms. The zero-order valence-electron chi connectivity index (χ0n) is 31.3. The summed E-state index contributed by atoms with van der Waals surface area (Å²) in [6.45, 7) is 0. The highest BCUT2D eigenvalue weighted by Crippen LogP contribution is 2.44. The molecular formula is C54H34N2S2. The summed E-state index contributed by atoms with van der Waals surface area (Å²) in [5, 5.41) is 7.76. The minimum absolute atomic E-state index is 1.12. The largest absolute Gasteiger partial charge is 0.310 e. The highest BCUT2D eigenvalue weighted by molar-refractivity contribution is 7.26. The fourth-order valence-electron chi connectivity index (χ4n) is 8.89. The molecule has 2 nitrogen and oxygen atoms in total. The van der Waals surface area contributed by atoms with Crippen molar-refractivity contribution < 1.29 is 0 Å². The lowest BCUT2D eigenvalue weighted by molar-refractivity contribution is 1.18. The van der Waals surface area contributed by atoms with Gasteiger partial charge in [0.15, 0.2) is 0 Å². The Hall–Kier alpha value is -6.98. The average molecular weight is 775 g/mol. The Bertz CT molecular complexity index is 3460. The van der Waals surface area contributed by atoms with Gasteiger partial charge < -0.3 is 9.47 Å². The van der Waals surface area contributed by atoms with Crippen LogP contribution < -0.4 is 4.90 Å². The fraction of sp³-hybridized carbons (Fsp3) is 0. The molecule has 9 aromatic carbocycles. The lowest BCUT2D eigenvalue weighted by Gasteiger charge is -2.26. The molecule has 4 heteroatoms. The molecule has 0 N–H and O–H groups in total. The van der Waals surface area contributed by atoms with Crippen LogP contribution in [0.15, 0.2) is 206 Å². The summed E-state index contributed by atoms with van der Waals surface area (Å²) in [5.41, 5.74) is 11.8. The van der Waals surface area contributed by atoms with Gasteiger partial charge in [-0.05, 0) is 89.5 Å². The summed E-state index contributed by atoms with van der Waals surface area (Å²) in [4.78, 5) is 2.41. The monoisotopic (exact) mass is 774 g/mol. The lowest BCUT2D eigenvalue weighted by atomic mass is 9.98. The number of para-hydroxylation sites is 3. The van der Waals surface area contributed by atoms with Crippen LogP contribution in [-0.4, -0.2) is 4.57 Å². The van der Waals surface area contributed by atoms with E-state index in [1.807, 2.05) is 22.7 Å². The van der Waals surface area contributed by atoms with Gasteiger partial charge in [-0.2, -0.15) is 0 Å². The first-order chi connectivity index (χ1) is 28.7. The summed E-state index contributed by atoms with van der Waals surface area (Å²) in [7, 11) is 0. The molecule has 272 valence electrons. The third-order valence-corrected chi connectivity index (χ3v) is 13.9. The molecule has 0 unspecified atom stereocenters. The number of rotatable bonds is 6. The van der Waals surface area contributed by atoms with Gasteiger partial charge in [-0.3, -0.25) is 0 Å². The number of nitrogens with zero attached hydrogens (tertiary/aromatic N) is 2. The van der Waals surface area contributed by atoms with Crippen LogP contribution in [0.4, 0.5) is 17.1 Å².